The van der Waals surface area contributed by atoms with E-state index in [0.29, 0.717) is 12.4 Å². The standard InChI is InChI=1S/C19H18O4/c1-3-19(20)23-18-11-9-17(10-12-18)16-7-5-15(6-8-16)13-14-22-21-4-2/h3-12H,1-2,13-14H2. The van der Waals surface area contributed by atoms with Gasteiger partial charge >= 0.3 is 5.97 Å². The first kappa shape index (κ1) is 16.5. The van der Waals surface area contributed by atoms with E-state index in [2.05, 4.69) is 18.0 Å². The van der Waals surface area contributed by atoms with Crippen LogP contribution in [0.1, 0.15) is 5.56 Å². The maximum atomic E-state index is 11.1. The highest BCUT2D eigenvalue weighted by atomic mass is 17.2. The molecule has 0 heterocycles. The summed E-state index contributed by atoms with van der Waals surface area (Å²) in [5.74, 6) is 0.0272. The van der Waals surface area contributed by atoms with Gasteiger partial charge in [-0.05, 0) is 35.2 Å². The van der Waals surface area contributed by atoms with Gasteiger partial charge in [0.15, 0.2) is 0 Å². The van der Waals surface area contributed by atoms with Crippen LogP contribution in [0.2, 0.25) is 0 Å². The number of carbonyl (C=O) groups excluding carboxylic acids is 1. The molecule has 4 heteroatoms. The average molecular weight is 310 g/mol. The van der Waals surface area contributed by atoms with Gasteiger partial charge in [-0.15, -0.1) is 0 Å². The number of hydrogen-bond acceptors (Lipinski definition) is 4. The molecule has 0 fully saturated rings. The Labute approximate surface area is 135 Å². The zero-order chi connectivity index (χ0) is 16.5. The maximum absolute atomic E-state index is 11.1. The second-order valence-electron chi connectivity index (χ2n) is 4.68. The third kappa shape index (κ3) is 5.13. The summed E-state index contributed by atoms with van der Waals surface area (Å²) in [5.41, 5.74) is 3.28. The molecule has 2 rings (SSSR count). The molecule has 0 saturated heterocycles. The molecule has 23 heavy (non-hydrogen) atoms. The molecule has 0 spiro atoms. The second kappa shape index (κ2) is 8.56. The lowest BCUT2D eigenvalue weighted by molar-refractivity contribution is -0.247. The Balaban J connectivity index is 1.97. The van der Waals surface area contributed by atoms with Crippen LogP contribution in [0.15, 0.2) is 74.0 Å². The molecule has 0 unspecified atom stereocenters. The Morgan fingerprint density at radius 1 is 0.957 bits per heavy atom. The molecule has 0 bridgehead atoms. The highest BCUT2D eigenvalue weighted by molar-refractivity contribution is 5.83. The summed E-state index contributed by atoms with van der Waals surface area (Å²) in [7, 11) is 0. The highest BCUT2D eigenvalue weighted by Crippen LogP contribution is 2.23. The van der Waals surface area contributed by atoms with Crippen LogP contribution in [0.4, 0.5) is 0 Å². The Hall–Kier alpha value is -2.85. The topological polar surface area (TPSA) is 44.8 Å². The van der Waals surface area contributed by atoms with Gasteiger partial charge in [0, 0.05) is 6.08 Å². The molecule has 0 aliphatic carbocycles. The van der Waals surface area contributed by atoms with E-state index < -0.39 is 5.97 Å². The van der Waals surface area contributed by atoms with Gasteiger partial charge in [0.2, 0.25) is 0 Å². The fourth-order valence-electron chi connectivity index (χ4n) is 1.99. The van der Waals surface area contributed by atoms with Crippen molar-refractivity contribution < 1.29 is 19.3 Å². The van der Waals surface area contributed by atoms with Crippen molar-refractivity contribution >= 4 is 5.97 Å². The molecule has 0 amide bonds. The van der Waals surface area contributed by atoms with Crippen molar-refractivity contribution in [3.8, 4) is 16.9 Å². The molecule has 2 aromatic carbocycles. The Bertz CT molecular complexity index is 657. The molecular weight excluding hydrogens is 292 g/mol. The molecule has 0 saturated carbocycles. The lowest BCUT2D eigenvalue weighted by atomic mass is 10.0. The number of benzene rings is 2. The zero-order valence-electron chi connectivity index (χ0n) is 12.7. The van der Waals surface area contributed by atoms with E-state index >= 15 is 0 Å². The van der Waals surface area contributed by atoms with Gasteiger partial charge in [0.25, 0.3) is 0 Å². The number of carbonyl (C=O) groups is 1. The lowest BCUT2D eigenvalue weighted by Gasteiger charge is -2.06. The molecule has 0 atom stereocenters. The second-order valence-corrected chi connectivity index (χ2v) is 4.68. The van der Waals surface area contributed by atoms with E-state index in [-0.39, 0.29) is 0 Å². The van der Waals surface area contributed by atoms with Gasteiger partial charge in [0.1, 0.15) is 12.0 Å². The van der Waals surface area contributed by atoms with E-state index in [4.69, 9.17) is 9.62 Å². The first-order valence-electron chi connectivity index (χ1n) is 7.15. The summed E-state index contributed by atoms with van der Waals surface area (Å²) >= 11 is 0. The van der Waals surface area contributed by atoms with E-state index in [0.717, 1.165) is 29.2 Å². The van der Waals surface area contributed by atoms with Crippen molar-refractivity contribution in [1.82, 2.24) is 0 Å². The normalized spacial score (nSPS) is 9.91. The van der Waals surface area contributed by atoms with Crippen LogP contribution in [0.5, 0.6) is 5.75 Å². The minimum absolute atomic E-state index is 0.467. The smallest absolute Gasteiger partial charge is 0.335 e. The quantitative estimate of drug-likeness (QED) is 0.140. The van der Waals surface area contributed by atoms with Crippen molar-refractivity contribution in [1.29, 1.82) is 0 Å². The third-order valence-electron chi connectivity index (χ3n) is 3.14. The Morgan fingerprint density at radius 2 is 1.57 bits per heavy atom. The summed E-state index contributed by atoms with van der Waals surface area (Å²) < 4.78 is 5.05. The summed E-state index contributed by atoms with van der Waals surface area (Å²) in [4.78, 5) is 20.6. The molecule has 0 aliphatic rings. The summed E-state index contributed by atoms with van der Waals surface area (Å²) in [6.07, 6.45) is 3.14. The lowest BCUT2D eigenvalue weighted by Crippen LogP contribution is -2.02. The van der Waals surface area contributed by atoms with E-state index in [1.165, 1.54) is 6.26 Å². The van der Waals surface area contributed by atoms with Crippen molar-refractivity contribution in [3.63, 3.8) is 0 Å². The van der Waals surface area contributed by atoms with Crippen molar-refractivity contribution in [2.45, 2.75) is 6.42 Å². The molecular formula is C19H18O4. The molecule has 0 aromatic heterocycles. The molecule has 0 N–H and O–H groups in total. The van der Waals surface area contributed by atoms with Gasteiger partial charge < -0.3 is 9.62 Å². The van der Waals surface area contributed by atoms with E-state index in [1.807, 2.05) is 36.4 Å². The number of rotatable bonds is 8. The molecule has 4 nitrogen and oxygen atoms in total. The maximum Gasteiger partial charge on any atom is 0.335 e. The van der Waals surface area contributed by atoms with Gasteiger partial charge in [0.05, 0.1) is 6.61 Å². The SMILES string of the molecule is C=COOCCc1ccc(-c2ccc(OC(=O)C=C)cc2)cc1. The molecule has 118 valence electrons. The Morgan fingerprint density at radius 3 is 2.13 bits per heavy atom. The van der Waals surface area contributed by atoms with Crippen LogP contribution >= 0.6 is 0 Å². The number of hydrogen-bond donors (Lipinski definition) is 0. The predicted octanol–water partition coefficient (Wildman–Crippen LogP) is 4.08. The van der Waals surface area contributed by atoms with Gasteiger partial charge in [-0.25, -0.2) is 4.79 Å². The van der Waals surface area contributed by atoms with Crippen LogP contribution in [0.25, 0.3) is 11.1 Å². The van der Waals surface area contributed by atoms with Crippen molar-refractivity contribution in [2.24, 2.45) is 0 Å². The number of ether oxygens (including phenoxy) is 1. The van der Waals surface area contributed by atoms with Crippen LogP contribution < -0.4 is 4.74 Å². The van der Waals surface area contributed by atoms with Gasteiger partial charge in [-0.1, -0.05) is 49.6 Å². The van der Waals surface area contributed by atoms with Crippen LogP contribution in [-0.2, 0) is 21.0 Å². The predicted molar refractivity (Wildman–Crippen MR) is 88.6 cm³/mol. The Kier molecular flexibility index (Phi) is 6.15. The van der Waals surface area contributed by atoms with Crippen molar-refractivity contribution in [2.75, 3.05) is 6.61 Å². The zero-order valence-corrected chi connectivity index (χ0v) is 12.7. The summed E-state index contributed by atoms with van der Waals surface area (Å²) in [5, 5.41) is 0. The van der Waals surface area contributed by atoms with Gasteiger partial charge in [-0.2, -0.15) is 4.89 Å². The van der Waals surface area contributed by atoms with Crippen LogP contribution in [-0.4, -0.2) is 12.6 Å². The largest absolute Gasteiger partial charge is 0.423 e. The third-order valence-corrected chi connectivity index (χ3v) is 3.14. The summed E-state index contributed by atoms with van der Waals surface area (Å²) in [6.45, 7) is 7.23. The van der Waals surface area contributed by atoms with Crippen molar-refractivity contribution in [3.05, 3.63) is 79.6 Å². The van der Waals surface area contributed by atoms with E-state index in [1.54, 1.807) is 12.1 Å². The average Bonchev–Trinajstić information content (AvgIpc) is 2.60. The number of esters is 1. The highest BCUT2D eigenvalue weighted by Gasteiger charge is 2.02. The first-order chi connectivity index (χ1) is 11.2. The van der Waals surface area contributed by atoms with Crippen LogP contribution in [0.3, 0.4) is 0 Å². The van der Waals surface area contributed by atoms with Gasteiger partial charge in [-0.3, -0.25) is 0 Å². The minimum Gasteiger partial charge on any atom is -0.423 e. The molecule has 0 radical (unpaired) electrons. The van der Waals surface area contributed by atoms with Crippen LogP contribution in [0, 0.1) is 0 Å². The monoisotopic (exact) mass is 310 g/mol. The molecule has 0 aliphatic heterocycles. The molecule has 2 aromatic rings. The first-order valence-corrected chi connectivity index (χ1v) is 7.15. The fraction of sp³-hybridized carbons (Fsp3) is 0.105. The van der Waals surface area contributed by atoms with E-state index in [9.17, 15) is 4.79 Å². The minimum atomic E-state index is -0.468. The summed E-state index contributed by atoms with van der Waals surface area (Å²) in [6, 6.07) is 15.5. The fourth-order valence-corrected chi connectivity index (χ4v) is 1.99.